The Morgan fingerprint density at radius 2 is 1.77 bits per heavy atom. The smallest absolute Gasteiger partial charge is 0.387 e. The van der Waals surface area contributed by atoms with E-state index in [4.69, 9.17) is 11.6 Å². The fraction of sp³-hybridized carbons (Fsp3) is 0.379. The van der Waals surface area contributed by atoms with Gasteiger partial charge in [-0.15, -0.1) is 0 Å². The van der Waals surface area contributed by atoms with Gasteiger partial charge in [-0.3, -0.25) is 14.4 Å². The first-order valence-electron chi connectivity index (χ1n) is 13.8. The molecule has 10 nitrogen and oxygen atoms in total. The second-order valence-electron chi connectivity index (χ2n) is 10.4. The van der Waals surface area contributed by atoms with Gasteiger partial charge >= 0.3 is 6.61 Å². The van der Waals surface area contributed by atoms with Crippen LogP contribution in [0.5, 0.6) is 5.75 Å². The van der Waals surface area contributed by atoms with Crippen molar-refractivity contribution >= 4 is 35.0 Å². The molecule has 0 spiro atoms. The number of amides is 3. The van der Waals surface area contributed by atoms with Crippen LogP contribution in [0.15, 0.2) is 42.6 Å². The number of nitrogens with one attached hydrogen (secondary N) is 3. The summed E-state index contributed by atoms with van der Waals surface area (Å²) in [5.41, 5.74) is 1.23. The monoisotopic (exact) mass is 618 g/mol. The van der Waals surface area contributed by atoms with Crippen molar-refractivity contribution in [2.45, 2.75) is 25.9 Å². The Labute approximate surface area is 250 Å². The molecule has 0 radical (unpaired) electrons. The number of halogens is 4. The van der Waals surface area contributed by atoms with Crippen molar-refractivity contribution in [3.05, 3.63) is 76.1 Å². The maximum absolute atomic E-state index is 14.3. The van der Waals surface area contributed by atoms with Crippen LogP contribution in [0.1, 0.15) is 45.1 Å². The third kappa shape index (κ3) is 7.46. The highest BCUT2D eigenvalue weighted by Gasteiger charge is 2.30. The van der Waals surface area contributed by atoms with Gasteiger partial charge in [0.1, 0.15) is 11.6 Å². The Morgan fingerprint density at radius 1 is 1.05 bits per heavy atom. The molecule has 0 unspecified atom stereocenters. The van der Waals surface area contributed by atoms with E-state index in [9.17, 15) is 27.6 Å². The van der Waals surface area contributed by atoms with E-state index in [0.717, 1.165) is 32.0 Å². The number of rotatable bonds is 8. The number of anilines is 1. The number of ether oxygens (including phenoxy) is 1. The van der Waals surface area contributed by atoms with Crippen LogP contribution in [-0.4, -0.2) is 83.4 Å². The molecule has 3 amide bonds. The third-order valence-electron chi connectivity index (χ3n) is 7.50. The number of aromatic nitrogens is 2. The molecule has 2 aliphatic rings. The fourth-order valence-electron chi connectivity index (χ4n) is 5.20. The van der Waals surface area contributed by atoms with E-state index in [1.165, 1.54) is 30.5 Å². The van der Waals surface area contributed by atoms with Crippen molar-refractivity contribution in [3.8, 4) is 5.75 Å². The van der Waals surface area contributed by atoms with E-state index >= 15 is 0 Å². The van der Waals surface area contributed by atoms with Crippen LogP contribution in [0.3, 0.4) is 0 Å². The summed E-state index contributed by atoms with van der Waals surface area (Å²) in [4.78, 5) is 49.1. The number of imidazole rings is 1. The first-order chi connectivity index (χ1) is 20.7. The van der Waals surface area contributed by atoms with Crippen molar-refractivity contribution in [1.82, 2.24) is 25.1 Å². The predicted molar refractivity (Wildman–Crippen MR) is 152 cm³/mol. The molecule has 1 aromatic heterocycles. The van der Waals surface area contributed by atoms with Gasteiger partial charge in [0.15, 0.2) is 5.82 Å². The van der Waals surface area contributed by atoms with Crippen molar-refractivity contribution < 1.29 is 32.3 Å². The predicted octanol–water partition coefficient (Wildman–Crippen LogP) is 3.93. The van der Waals surface area contributed by atoms with Gasteiger partial charge in [-0.1, -0.05) is 17.7 Å². The number of piperidine rings is 1. The molecule has 5 rings (SSSR count). The highest BCUT2D eigenvalue weighted by molar-refractivity contribution is 6.34. The molecule has 228 valence electrons. The minimum absolute atomic E-state index is 0.0319. The summed E-state index contributed by atoms with van der Waals surface area (Å²) in [6.45, 7) is 0.369. The molecular formula is C29H30ClF3N6O4. The summed E-state index contributed by atoms with van der Waals surface area (Å²) in [5.74, 6) is -1.73. The number of hydrogen-bond donors (Lipinski definition) is 3. The summed E-state index contributed by atoms with van der Waals surface area (Å²) in [7, 11) is 0. The van der Waals surface area contributed by atoms with E-state index in [-0.39, 0.29) is 51.9 Å². The first-order valence-corrected chi connectivity index (χ1v) is 14.2. The molecule has 0 saturated carbocycles. The van der Waals surface area contributed by atoms with Gasteiger partial charge in [0.05, 0.1) is 10.6 Å². The summed E-state index contributed by atoms with van der Waals surface area (Å²) < 4.78 is 43.2. The van der Waals surface area contributed by atoms with Crippen molar-refractivity contribution in [1.29, 1.82) is 0 Å². The Bertz CT molecular complexity index is 1490. The average molecular weight is 619 g/mol. The van der Waals surface area contributed by atoms with Crippen molar-refractivity contribution in [3.63, 3.8) is 0 Å². The highest BCUT2D eigenvalue weighted by atomic mass is 35.5. The Kier molecular flexibility index (Phi) is 9.51. The Morgan fingerprint density at radius 3 is 2.44 bits per heavy atom. The lowest BCUT2D eigenvalue weighted by molar-refractivity contribution is -0.137. The topological polar surface area (TPSA) is 120 Å². The largest absolute Gasteiger partial charge is 0.435 e. The number of piperazine rings is 1. The summed E-state index contributed by atoms with van der Waals surface area (Å²) >= 11 is 6.42. The summed E-state index contributed by atoms with van der Waals surface area (Å²) in [6, 6.07) is 7.95. The fourth-order valence-corrected chi connectivity index (χ4v) is 5.46. The van der Waals surface area contributed by atoms with E-state index < -0.39 is 18.3 Å². The molecule has 0 bridgehead atoms. The molecular weight excluding hydrogens is 589 g/mol. The van der Waals surface area contributed by atoms with E-state index in [1.54, 1.807) is 11.0 Å². The van der Waals surface area contributed by atoms with Crippen molar-refractivity contribution in [2.24, 2.45) is 5.92 Å². The average Bonchev–Trinajstić information content (AvgIpc) is 3.47. The number of carbonyl (C=O) groups is 3. The minimum Gasteiger partial charge on any atom is -0.435 e. The molecule has 3 N–H and O–H groups in total. The minimum atomic E-state index is -3.06. The standard InChI is InChI=1S/C29H30ClF3N6O4/c30-23-14-19(2-4-22(23)28(42)39-11-9-38(10-12-39)27(41)17-5-7-34-8-6-17)37-26(40)25-35-16-20(36-25)13-18-1-3-21(15-24(18)31)43-29(32)33/h1-4,14-17,29,34H,5-13H2,(H,35,36)(H,37,40). The molecule has 14 heteroatoms. The maximum Gasteiger partial charge on any atom is 0.387 e. The van der Waals surface area contributed by atoms with Crippen molar-refractivity contribution in [2.75, 3.05) is 44.6 Å². The van der Waals surface area contributed by atoms with E-state index in [0.29, 0.717) is 37.6 Å². The molecule has 2 fully saturated rings. The van der Waals surface area contributed by atoms with Gasteiger partial charge in [-0.2, -0.15) is 8.78 Å². The number of aromatic amines is 1. The van der Waals surface area contributed by atoms with Crippen LogP contribution in [0.4, 0.5) is 18.9 Å². The van der Waals surface area contributed by atoms with E-state index in [1.807, 2.05) is 4.90 Å². The SMILES string of the molecule is O=C(Nc1ccc(C(=O)N2CCN(C(=O)C3CCNCC3)CC2)c(Cl)c1)c1ncc(Cc2ccc(OC(F)F)cc2F)[nH]1. The number of benzene rings is 2. The van der Waals surface area contributed by atoms with Crippen LogP contribution >= 0.6 is 11.6 Å². The van der Waals surface area contributed by atoms with Gasteiger partial charge < -0.3 is 30.2 Å². The van der Waals surface area contributed by atoms with Gasteiger partial charge in [0, 0.05) is 62.2 Å². The second kappa shape index (κ2) is 13.5. The van der Waals surface area contributed by atoms with Gasteiger partial charge in [-0.25, -0.2) is 9.37 Å². The molecule has 43 heavy (non-hydrogen) atoms. The number of H-pyrrole nitrogens is 1. The number of alkyl halides is 2. The summed E-state index contributed by atoms with van der Waals surface area (Å²) in [5, 5.41) is 6.08. The lowest BCUT2D eigenvalue weighted by Crippen LogP contribution is -2.52. The third-order valence-corrected chi connectivity index (χ3v) is 7.81. The Balaban J connectivity index is 1.15. The molecule has 2 aliphatic heterocycles. The zero-order valence-electron chi connectivity index (χ0n) is 23.0. The van der Waals surface area contributed by atoms with Crippen LogP contribution in [0.25, 0.3) is 0 Å². The number of nitrogens with zero attached hydrogens (tertiary/aromatic N) is 3. The highest BCUT2D eigenvalue weighted by Crippen LogP contribution is 2.25. The Hall–Kier alpha value is -4.10. The first kappa shape index (κ1) is 30.4. The van der Waals surface area contributed by atoms with E-state index in [2.05, 4.69) is 25.3 Å². The maximum atomic E-state index is 14.3. The lowest BCUT2D eigenvalue weighted by Gasteiger charge is -2.37. The van der Waals surface area contributed by atoms with Crippen LogP contribution in [0, 0.1) is 11.7 Å². The molecule has 0 aliphatic carbocycles. The van der Waals surface area contributed by atoms with Gasteiger partial charge in [0.2, 0.25) is 5.91 Å². The summed E-state index contributed by atoms with van der Waals surface area (Å²) in [6.07, 6.45) is 3.06. The van der Waals surface area contributed by atoms with Crippen LogP contribution in [-0.2, 0) is 11.2 Å². The van der Waals surface area contributed by atoms with Crippen LogP contribution in [0.2, 0.25) is 5.02 Å². The quantitative estimate of drug-likeness (QED) is 0.352. The molecule has 3 aromatic rings. The zero-order chi connectivity index (χ0) is 30.5. The molecule has 3 heterocycles. The van der Waals surface area contributed by atoms with Crippen LogP contribution < -0.4 is 15.4 Å². The normalized spacial score (nSPS) is 15.9. The zero-order valence-corrected chi connectivity index (χ0v) is 23.8. The van der Waals surface area contributed by atoms with Gasteiger partial charge in [-0.05, 0) is 55.8 Å². The molecule has 0 atom stereocenters. The molecule has 2 saturated heterocycles. The number of hydrogen-bond acceptors (Lipinski definition) is 6. The second-order valence-corrected chi connectivity index (χ2v) is 10.8. The molecule has 2 aromatic carbocycles. The van der Waals surface area contributed by atoms with Gasteiger partial charge in [0.25, 0.3) is 11.8 Å². The number of carbonyl (C=O) groups excluding carboxylic acids is 3. The lowest BCUT2D eigenvalue weighted by atomic mass is 9.96.